The van der Waals surface area contributed by atoms with Crippen LogP contribution in [0.3, 0.4) is 0 Å². The summed E-state index contributed by atoms with van der Waals surface area (Å²) >= 11 is 0. The molecule has 0 radical (unpaired) electrons. The molecule has 0 fully saturated rings. The summed E-state index contributed by atoms with van der Waals surface area (Å²) in [7, 11) is 0.153. The van der Waals surface area contributed by atoms with Gasteiger partial charge in [-0.2, -0.15) is 47.0 Å². The van der Waals surface area contributed by atoms with Gasteiger partial charge in [-0.05, 0) is 101 Å². The number of azo groups is 2. The topological polar surface area (TPSA) is 288 Å². The van der Waals surface area contributed by atoms with E-state index in [0.29, 0.717) is 46.2 Å². The largest absolute Gasteiger partial charge is 0.505 e. The summed E-state index contributed by atoms with van der Waals surface area (Å²) in [6.45, 7) is 12.8. The standard InChI is InChI=1S/C24H25N7O4S.C8H10N2.C7H12N4.CH4O3S.CH4.CH3.U/c1-12-6-7-16-10-13(2)22(23(32)20(16)21(12)25)30-29-18-11-17(8-9-19(18)36(33,34)35)31(5)24-27-14(3)26-15(4)28-24;1-7-5-3-4-6-8(7)10-9-2;1-5-8-6(2)10-7(9-5)11(3)4;1-5(2,3)4;;;/h6-11,32H,25H2,1-5H3,(H,33,34,35);3-6H,1-2H3;1-4H3;1H3,(H,2,3,4);1H4;1H3;/q;;;;;-1;/i;;;;1T;;. The number of hydrogen-bond acceptors (Lipinski definition) is 18. The number of rotatable bonds is 7. The number of fused-ring (bicyclic) bond motifs is 1. The van der Waals surface area contributed by atoms with Crippen molar-refractivity contribution in [3.05, 3.63) is 108 Å². The Morgan fingerprint density at radius 3 is 1.66 bits per heavy atom. The predicted octanol–water partition coefficient (Wildman–Crippen LogP) is 8.83. The molecule has 6 rings (SSSR count). The van der Waals surface area contributed by atoms with Gasteiger partial charge in [-0.3, -0.25) is 9.11 Å². The Morgan fingerprint density at radius 2 is 1.18 bits per heavy atom. The first kappa shape index (κ1) is 57.4. The molecule has 5 N–H and O–H groups in total. The summed E-state index contributed by atoms with van der Waals surface area (Å²) in [5.41, 5.74) is 10.6. The maximum Gasteiger partial charge on any atom is 0.296 e. The predicted molar refractivity (Wildman–Crippen MR) is 253 cm³/mol. The van der Waals surface area contributed by atoms with Crippen molar-refractivity contribution in [3.63, 3.8) is 0 Å². The SMILES string of the molecule is CN=Nc1ccccc1C.CS(=O)(=O)O.Cc1nc(C)nc(N(C)C)n1.Cc1nc(C)nc(N(C)c2ccc(S(=O)(=O)O)c(N=Nc3c(C)cc4ccc(C)c(N)c4c3O)c2)n1.[3H]C.[CH3-].[U]. The number of hydrogen-bond donors (Lipinski definition) is 4. The Kier molecular flexibility index (Phi) is 22.8. The molecule has 20 nitrogen and oxygen atoms in total. The Labute approximate surface area is 407 Å². The smallest absolute Gasteiger partial charge is 0.296 e. The minimum absolute atomic E-state index is 0. The summed E-state index contributed by atoms with van der Waals surface area (Å²) < 4.78 is 65.5. The molecule has 0 aliphatic heterocycles. The molecule has 350 valence electrons. The fraction of sp³-hybridized carbons (Fsp3) is 0.310. The van der Waals surface area contributed by atoms with E-state index < -0.39 is 25.1 Å². The molecule has 0 aliphatic carbocycles. The fourth-order valence-corrected chi connectivity index (χ4v) is 6.02. The Balaban J connectivity index is 0.00000114. The second-order valence-corrected chi connectivity index (χ2v) is 16.7. The van der Waals surface area contributed by atoms with Crippen LogP contribution in [-0.4, -0.2) is 95.4 Å². The van der Waals surface area contributed by atoms with Crippen molar-refractivity contribution in [1.29, 1.82) is 0 Å². The fourth-order valence-electron chi connectivity index (χ4n) is 5.42. The summed E-state index contributed by atoms with van der Waals surface area (Å²) in [6, 6.07) is 17.5. The molecule has 6 aromatic rings. The van der Waals surface area contributed by atoms with Gasteiger partial charge in [0.05, 0.1) is 11.9 Å². The minimum atomic E-state index is -4.62. The molecule has 0 amide bonds. The van der Waals surface area contributed by atoms with Gasteiger partial charge in [0.2, 0.25) is 11.9 Å². The molecule has 0 saturated carbocycles. The van der Waals surface area contributed by atoms with Crippen LogP contribution in [0.1, 0.15) is 48.8 Å². The van der Waals surface area contributed by atoms with Crippen LogP contribution in [-0.2, 0) is 20.2 Å². The molecule has 0 atom stereocenters. The van der Waals surface area contributed by atoms with E-state index in [2.05, 4.69) is 50.4 Å². The zero-order valence-corrected chi connectivity index (χ0v) is 44.8. The van der Waals surface area contributed by atoms with E-state index in [1.54, 1.807) is 45.8 Å². The number of anilines is 4. The molecule has 65 heavy (non-hydrogen) atoms. The van der Waals surface area contributed by atoms with Gasteiger partial charge in [-0.1, -0.05) is 37.7 Å². The van der Waals surface area contributed by atoms with E-state index in [-0.39, 0.29) is 55.7 Å². The van der Waals surface area contributed by atoms with Crippen LogP contribution in [0.15, 0.2) is 86.0 Å². The van der Waals surface area contributed by atoms with Crippen molar-refractivity contribution in [2.45, 2.75) is 60.8 Å². The van der Waals surface area contributed by atoms with Gasteiger partial charge in [0.25, 0.3) is 20.2 Å². The average molecular weight is 1160 g/mol. The average Bonchev–Trinajstić information content (AvgIpc) is 3.19. The van der Waals surface area contributed by atoms with Crippen molar-refractivity contribution >= 4 is 71.3 Å². The maximum atomic E-state index is 12.0. The number of aromatic nitrogens is 6. The third-order valence-corrected chi connectivity index (χ3v) is 9.19. The van der Waals surface area contributed by atoms with Gasteiger partial charge in [0.1, 0.15) is 39.6 Å². The molecule has 0 saturated heterocycles. The summed E-state index contributed by atoms with van der Waals surface area (Å²) in [5.74, 6) is 3.47. The third-order valence-electron chi connectivity index (χ3n) is 8.29. The van der Waals surface area contributed by atoms with Gasteiger partial charge in [0, 0.05) is 77.4 Å². The van der Waals surface area contributed by atoms with Crippen molar-refractivity contribution in [1.82, 2.24) is 29.9 Å². The molecular formula is C42H58N13O7S2U-. The van der Waals surface area contributed by atoms with Gasteiger partial charge in [0.15, 0.2) is 5.75 Å². The normalized spacial score (nSPS) is 10.9. The summed E-state index contributed by atoms with van der Waals surface area (Å²) in [4.78, 5) is 28.2. The molecule has 2 aromatic heterocycles. The van der Waals surface area contributed by atoms with Crippen LogP contribution in [0.25, 0.3) is 10.8 Å². The van der Waals surface area contributed by atoms with Gasteiger partial charge < -0.3 is 28.1 Å². The number of phenolic OH excluding ortho intramolecular Hbond substituents is 1. The zero-order valence-electron chi connectivity index (χ0n) is 40.0. The van der Waals surface area contributed by atoms with Crippen molar-refractivity contribution < 1.29 is 63.5 Å². The molecule has 0 spiro atoms. The third kappa shape index (κ3) is 18.1. The zero-order chi connectivity index (χ0) is 48.7. The van der Waals surface area contributed by atoms with E-state index in [1.807, 2.05) is 83.1 Å². The van der Waals surface area contributed by atoms with Crippen LogP contribution < -0.4 is 15.5 Å². The first-order valence-corrected chi connectivity index (χ1v) is 21.7. The second-order valence-electron chi connectivity index (χ2n) is 13.8. The second kappa shape index (κ2) is 25.8. The van der Waals surface area contributed by atoms with Crippen LogP contribution in [0, 0.1) is 87.0 Å². The number of benzene rings is 4. The van der Waals surface area contributed by atoms with E-state index in [0.717, 1.165) is 39.8 Å². The molecule has 4 aromatic carbocycles. The number of nitrogen functional groups attached to an aromatic ring is 1. The first-order valence-electron chi connectivity index (χ1n) is 19.4. The Morgan fingerprint density at radius 1 is 0.677 bits per heavy atom. The number of nitrogens with two attached hydrogens (primary N) is 1. The number of phenols is 1. The maximum absolute atomic E-state index is 12.0. The van der Waals surface area contributed by atoms with E-state index >= 15 is 0 Å². The Hall–Kier alpha value is -5.57. The molecule has 23 heteroatoms. The molecule has 0 unspecified atom stereocenters. The van der Waals surface area contributed by atoms with Crippen LogP contribution in [0.2, 0.25) is 0 Å². The van der Waals surface area contributed by atoms with E-state index in [1.165, 1.54) is 25.6 Å². The summed E-state index contributed by atoms with van der Waals surface area (Å²) in [6.07, 6.45) is 0.715. The quantitative estimate of drug-likeness (QED) is 0.0502. The van der Waals surface area contributed by atoms with Crippen LogP contribution in [0.5, 0.6) is 5.75 Å². The van der Waals surface area contributed by atoms with Crippen LogP contribution >= 0.6 is 0 Å². The van der Waals surface area contributed by atoms with Gasteiger partial charge >= 0.3 is 0 Å². The van der Waals surface area contributed by atoms with Gasteiger partial charge in [-0.15, -0.1) is 10.2 Å². The monoisotopic (exact) mass is 1160 g/mol. The van der Waals surface area contributed by atoms with Gasteiger partial charge in [-0.25, -0.2) is 9.97 Å². The van der Waals surface area contributed by atoms with Crippen molar-refractivity contribution in [3.8, 4) is 5.75 Å². The molecule has 0 aliphatic rings. The van der Waals surface area contributed by atoms with Crippen LogP contribution in [0.4, 0.5) is 40.3 Å². The van der Waals surface area contributed by atoms with Crippen molar-refractivity contribution in [2.24, 2.45) is 20.5 Å². The minimum Gasteiger partial charge on any atom is -0.505 e. The number of nitrogens with zero attached hydrogens (tertiary/aromatic N) is 12. The molecule has 0 bridgehead atoms. The number of aromatic hydroxyl groups is 1. The summed E-state index contributed by atoms with van der Waals surface area (Å²) in [5, 5.41) is 28.0. The molecule has 2 heterocycles. The first-order chi connectivity index (χ1) is 29.8. The Bertz CT molecular complexity index is 2810. The number of aryl methyl sites for hydroxylation is 7. The van der Waals surface area contributed by atoms with E-state index in [4.69, 9.17) is 11.7 Å². The van der Waals surface area contributed by atoms with Crippen molar-refractivity contribution in [2.75, 3.05) is 50.0 Å². The van der Waals surface area contributed by atoms with E-state index in [9.17, 15) is 26.5 Å². The molecular weight excluding hydrogens is 1100 g/mol.